The molecule has 2 heterocycles. The smallest absolute Gasteiger partial charge is 0.335 e. The quantitative estimate of drug-likeness (QED) is 0.638. The highest BCUT2D eigenvalue weighted by Gasteiger charge is 2.61. The molecule has 0 amide bonds. The van der Waals surface area contributed by atoms with Gasteiger partial charge in [0.2, 0.25) is 0 Å². The number of carbonyl (C=O) groups is 1. The van der Waals surface area contributed by atoms with Crippen LogP contribution in [0.1, 0.15) is 68.7 Å². The van der Waals surface area contributed by atoms with Crippen LogP contribution in [0.15, 0.2) is 0 Å². The van der Waals surface area contributed by atoms with Gasteiger partial charge in [0, 0.05) is 6.42 Å². The average molecular weight is 433 g/mol. The van der Waals surface area contributed by atoms with Gasteiger partial charge in [-0.25, -0.2) is 0 Å². The van der Waals surface area contributed by atoms with Crippen LogP contribution in [0.2, 0.25) is 22.2 Å². The van der Waals surface area contributed by atoms with Gasteiger partial charge in [0.05, 0.1) is 12.7 Å². The van der Waals surface area contributed by atoms with E-state index in [-0.39, 0.29) is 40.5 Å². The summed E-state index contributed by atoms with van der Waals surface area (Å²) >= 11 is 0. The van der Waals surface area contributed by atoms with E-state index in [1.54, 1.807) is 0 Å². The zero-order valence-electron chi connectivity index (χ0n) is 19.0. The van der Waals surface area contributed by atoms with E-state index in [0.717, 1.165) is 0 Å². The van der Waals surface area contributed by atoms with Crippen LogP contribution in [-0.4, -0.2) is 59.0 Å². The van der Waals surface area contributed by atoms with Crippen molar-refractivity contribution in [1.29, 1.82) is 0 Å². The summed E-state index contributed by atoms with van der Waals surface area (Å²) in [4.78, 5) is 11.6. The number of rotatable bonds is 6. The fourth-order valence-corrected chi connectivity index (χ4v) is 15.9. The van der Waals surface area contributed by atoms with Gasteiger partial charge in [-0.15, -0.1) is 0 Å². The molecule has 2 saturated heterocycles. The number of ether oxygens (including phenoxy) is 1. The van der Waals surface area contributed by atoms with E-state index in [4.69, 9.17) is 17.7 Å². The van der Waals surface area contributed by atoms with Crippen molar-refractivity contribution in [1.82, 2.24) is 0 Å². The van der Waals surface area contributed by atoms with Gasteiger partial charge < -0.3 is 22.8 Å². The molecule has 2 aliphatic heterocycles. The summed E-state index contributed by atoms with van der Waals surface area (Å²) < 4.78 is 26.6. The van der Waals surface area contributed by atoms with Crippen LogP contribution in [0.5, 0.6) is 0 Å². The molecule has 0 radical (unpaired) electrons. The van der Waals surface area contributed by atoms with Gasteiger partial charge in [-0.05, 0) is 29.1 Å². The second kappa shape index (κ2) is 8.95. The minimum Gasteiger partial charge on any atom is -0.414 e. The molecule has 0 saturated carbocycles. The molecule has 1 N–H and O–H groups in total. The lowest BCUT2D eigenvalue weighted by Gasteiger charge is -2.51. The minimum absolute atomic E-state index is 0.000185. The Kier molecular flexibility index (Phi) is 7.73. The largest absolute Gasteiger partial charge is 0.414 e. The number of Topliss-reactive ketones (excluding diaryl/α,β-unsaturated/α-hetero) is 1. The molecule has 0 bridgehead atoms. The van der Waals surface area contributed by atoms with E-state index in [0.29, 0.717) is 6.61 Å². The number of aliphatic hydroxyl groups excluding tert-OH is 1. The van der Waals surface area contributed by atoms with Crippen molar-refractivity contribution in [2.75, 3.05) is 6.61 Å². The second-order valence-corrected chi connectivity index (χ2v) is 18.5. The maximum absolute atomic E-state index is 11.6. The summed E-state index contributed by atoms with van der Waals surface area (Å²) in [7, 11) is -5.38. The van der Waals surface area contributed by atoms with E-state index >= 15 is 0 Å². The predicted molar refractivity (Wildman–Crippen MR) is 114 cm³/mol. The van der Waals surface area contributed by atoms with Crippen LogP contribution in [-0.2, 0) is 22.5 Å². The topological polar surface area (TPSA) is 74.2 Å². The highest BCUT2D eigenvalue weighted by atomic mass is 28.5. The Morgan fingerprint density at radius 2 is 1.46 bits per heavy atom. The summed E-state index contributed by atoms with van der Waals surface area (Å²) in [6, 6.07) is 0. The predicted octanol–water partition coefficient (Wildman–Crippen LogP) is 4.05. The number of fused-ring (bicyclic) bond motifs is 1. The number of hydrogen-bond donors (Lipinski definition) is 1. The molecule has 0 aromatic heterocycles. The SMILES string of the molecule is CC(=O)C[C@H]1O[C@@H]2CO[Si](C(C)C)(C(C)C)O[Si](C(C)C)(C(C)C)O[C@H]2[C@H]1O. The maximum Gasteiger partial charge on any atom is 0.335 e. The van der Waals surface area contributed by atoms with E-state index < -0.39 is 35.4 Å². The lowest BCUT2D eigenvalue weighted by atomic mass is 10.0. The molecule has 0 aromatic carbocycles. The number of ketones is 1. The first kappa shape index (κ1) is 24.2. The fourth-order valence-electron chi connectivity index (χ4n) is 4.68. The molecule has 0 aromatic rings. The first-order valence-electron chi connectivity index (χ1n) is 10.7. The fraction of sp³-hybridized carbons (Fsp3) is 0.950. The van der Waals surface area contributed by atoms with Gasteiger partial charge in [0.25, 0.3) is 0 Å². The van der Waals surface area contributed by atoms with Crippen molar-refractivity contribution >= 4 is 22.9 Å². The normalized spacial score (nSPS) is 32.6. The Labute approximate surface area is 172 Å². The van der Waals surface area contributed by atoms with Gasteiger partial charge in [-0.1, -0.05) is 55.4 Å². The minimum atomic E-state index is -2.77. The number of carbonyl (C=O) groups excluding carboxylic acids is 1. The summed E-state index contributed by atoms with van der Waals surface area (Å²) in [6.45, 7) is 19.2. The van der Waals surface area contributed by atoms with Crippen molar-refractivity contribution in [3.8, 4) is 0 Å². The lowest BCUT2D eigenvalue weighted by Crippen LogP contribution is -2.65. The third kappa shape index (κ3) is 4.33. The van der Waals surface area contributed by atoms with Crippen molar-refractivity contribution in [2.24, 2.45) is 0 Å². The summed E-state index contributed by atoms with van der Waals surface area (Å²) in [6.07, 6.45) is -2.11. The van der Waals surface area contributed by atoms with E-state index in [1.807, 2.05) is 0 Å². The van der Waals surface area contributed by atoms with E-state index in [9.17, 15) is 9.90 Å². The van der Waals surface area contributed by atoms with Gasteiger partial charge in [0.1, 0.15) is 24.1 Å². The van der Waals surface area contributed by atoms with Crippen molar-refractivity contribution in [3.63, 3.8) is 0 Å². The molecule has 0 spiro atoms. The Morgan fingerprint density at radius 3 is 1.89 bits per heavy atom. The molecule has 0 aliphatic carbocycles. The monoisotopic (exact) mass is 432 g/mol. The third-order valence-corrected chi connectivity index (χ3v) is 16.5. The molecule has 4 atom stereocenters. The first-order chi connectivity index (χ1) is 12.9. The van der Waals surface area contributed by atoms with E-state index in [2.05, 4.69) is 55.4 Å². The maximum atomic E-state index is 11.6. The first-order valence-corrected chi connectivity index (χ1v) is 14.7. The lowest BCUT2D eigenvalue weighted by molar-refractivity contribution is -0.121. The standard InChI is InChI=1S/C20H40O6Si2/c1-12(2)27(13(3)4)23-11-18-20(19(22)17(24-18)10-16(9)21)25-28(26-27,14(5)6)15(7)8/h12-15,17-20,22H,10-11H2,1-9H3/t17-,18-,19+,20-/m1/s1. The molecule has 28 heavy (non-hydrogen) atoms. The zero-order chi connectivity index (χ0) is 21.4. The van der Waals surface area contributed by atoms with Crippen molar-refractivity contribution in [2.45, 2.75) is 115 Å². The van der Waals surface area contributed by atoms with Crippen LogP contribution in [0.3, 0.4) is 0 Å². The molecule has 0 unspecified atom stereocenters. The van der Waals surface area contributed by atoms with Crippen molar-refractivity contribution < 1.29 is 27.6 Å². The Hall–Kier alpha value is -0.0962. The molecule has 2 rings (SSSR count). The van der Waals surface area contributed by atoms with Gasteiger partial charge in [-0.2, -0.15) is 0 Å². The Morgan fingerprint density at radius 1 is 0.964 bits per heavy atom. The molecule has 2 aliphatic rings. The molecule has 8 heteroatoms. The third-order valence-electron chi connectivity index (χ3n) is 6.25. The van der Waals surface area contributed by atoms with E-state index in [1.165, 1.54) is 6.92 Å². The van der Waals surface area contributed by atoms with Gasteiger partial charge in [-0.3, -0.25) is 4.79 Å². The number of hydrogen-bond acceptors (Lipinski definition) is 6. The highest BCUT2D eigenvalue weighted by Crippen LogP contribution is 2.47. The summed E-state index contributed by atoms with van der Waals surface area (Å²) in [5, 5.41) is 10.9. The van der Waals surface area contributed by atoms with Crippen molar-refractivity contribution in [3.05, 3.63) is 0 Å². The van der Waals surface area contributed by atoms with Gasteiger partial charge >= 0.3 is 17.1 Å². The van der Waals surface area contributed by atoms with Crippen LogP contribution in [0.4, 0.5) is 0 Å². The zero-order valence-corrected chi connectivity index (χ0v) is 21.0. The van der Waals surface area contributed by atoms with Crippen LogP contribution < -0.4 is 0 Å². The number of aliphatic hydroxyl groups is 1. The molecular formula is C20H40O6Si2. The van der Waals surface area contributed by atoms with Crippen LogP contribution >= 0.6 is 0 Å². The van der Waals surface area contributed by atoms with Gasteiger partial charge in [0.15, 0.2) is 0 Å². The molecule has 2 fully saturated rings. The molecule has 6 nitrogen and oxygen atoms in total. The Balaban J connectivity index is 2.50. The summed E-state index contributed by atoms with van der Waals surface area (Å²) in [5.74, 6) is -0.000185. The summed E-state index contributed by atoms with van der Waals surface area (Å²) in [5.41, 5.74) is 0.907. The Bertz CT molecular complexity index is 535. The average Bonchev–Trinajstić information content (AvgIpc) is 2.81. The van der Waals surface area contributed by atoms with Crippen LogP contribution in [0, 0.1) is 0 Å². The molecular weight excluding hydrogens is 392 g/mol. The van der Waals surface area contributed by atoms with Crippen LogP contribution in [0.25, 0.3) is 0 Å². The highest BCUT2D eigenvalue weighted by molar-refractivity contribution is 6.83. The molecule has 164 valence electrons. The second-order valence-electron chi connectivity index (χ2n) is 9.67.